The van der Waals surface area contributed by atoms with Crippen LogP contribution < -0.4 is 5.32 Å². The molecule has 0 radical (unpaired) electrons. The van der Waals surface area contributed by atoms with Crippen LogP contribution >= 0.6 is 0 Å². The van der Waals surface area contributed by atoms with E-state index in [4.69, 9.17) is 14.9 Å². The van der Waals surface area contributed by atoms with E-state index in [0.717, 1.165) is 23.9 Å². The van der Waals surface area contributed by atoms with E-state index in [1.54, 1.807) is 0 Å². The highest BCUT2D eigenvalue weighted by molar-refractivity contribution is 5.85. The number of rotatable bonds is 7. The highest BCUT2D eigenvalue weighted by Crippen LogP contribution is 2.29. The number of ether oxygens (including phenoxy) is 1. The third-order valence-corrected chi connectivity index (χ3v) is 3.84. The van der Waals surface area contributed by atoms with Crippen LogP contribution in [-0.2, 0) is 14.3 Å². The Kier molecular flexibility index (Phi) is 6.09. The maximum atomic E-state index is 11.6. The van der Waals surface area contributed by atoms with Crippen LogP contribution in [0.4, 0.5) is 0 Å². The molecule has 0 aliphatic carbocycles. The summed E-state index contributed by atoms with van der Waals surface area (Å²) in [5.74, 6) is -4.08. The lowest BCUT2D eigenvalue weighted by atomic mass is 9.92. The second-order valence-corrected chi connectivity index (χ2v) is 5.76. The van der Waals surface area contributed by atoms with Crippen LogP contribution in [0.2, 0.25) is 0 Å². The second kappa shape index (κ2) is 8.11. The molecule has 0 aromatic carbocycles. The molecular formula is C14H18N4O9. The maximum Gasteiger partial charge on any atom is 0.370 e. The summed E-state index contributed by atoms with van der Waals surface area (Å²) in [4.78, 5) is 34.0. The predicted octanol–water partition coefficient (Wildman–Crippen LogP) is -2.90. The molecule has 0 spiro atoms. The van der Waals surface area contributed by atoms with Crippen LogP contribution in [-0.4, -0.2) is 89.3 Å². The number of aliphatic hydroxyl groups excluding tert-OH is 3. The fourth-order valence-electron chi connectivity index (χ4n) is 2.61. The van der Waals surface area contributed by atoms with Crippen LogP contribution in [0.25, 0.3) is 0 Å². The van der Waals surface area contributed by atoms with Crippen LogP contribution in [0.5, 0.6) is 0 Å². The van der Waals surface area contributed by atoms with E-state index in [9.17, 15) is 29.7 Å². The van der Waals surface area contributed by atoms with Gasteiger partial charge in [-0.25, -0.2) is 14.3 Å². The van der Waals surface area contributed by atoms with Crippen molar-refractivity contribution in [3.63, 3.8) is 0 Å². The molecule has 1 amide bonds. The van der Waals surface area contributed by atoms with Crippen molar-refractivity contribution in [2.75, 3.05) is 6.61 Å². The van der Waals surface area contributed by atoms with Crippen molar-refractivity contribution in [3.05, 3.63) is 23.7 Å². The molecule has 1 aromatic heterocycles. The van der Waals surface area contributed by atoms with Gasteiger partial charge in [-0.15, -0.1) is 5.10 Å². The van der Waals surface area contributed by atoms with Gasteiger partial charge >= 0.3 is 11.9 Å². The van der Waals surface area contributed by atoms with E-state index >= 15 is 0 Å². The van der Waals surface area contributed by atoms with Gasteiger partial charge < -0.3 is 35.6 Å². The normalized spacial score (nSPS) is 24.3. The SMILES string of the molecule is CC(=O)N[C@H]1[C@H]([C@H](O)[C@H](O)CO)OC(C(=O)O)=C[C@@H]1n1cc(C(=O)O)nn1. The summed E-state index contributed by atoms with van der Waals surface area (Å²) in [7, 11) is 0. The number of aromatic carboxylic acids is 1. The second-order valence-electron chi connectivity index (χ2n) is 5.76. The fourth-order valence-corrected chi connectivity index (χ4v) is 2.61. The third-order valence-electron chi connectivity index (χ3n) is 3.84. The number of hydrogen-bond donors (Lipinski definition) is 6. The summed E-state index contributed by atoms with van der Waals surface area (Å²) in [6.45, 7) is 0.306. The Morgan fingerprint density at radius 2 is 1.96 bits per heavy atom. The number of amides is 1. The molecule has 27 heavy (non-hydrogen) atoms. The average Bonchev–Trinajstić information content (AvgIpc) is 3.10. The van der Waals surface area contributed by atoms with Gasteiger partial charge in [0.2, 0.25) is 11.7 Å². The summed E-state index contributed by atoms with van der Waals surface area (Å²) in [6.07, 6.45) is -2.90. The van der Waals surface area contributed by atoms with Gasteiger partial charge in [-0.1, -0.05) is 5.21 Å². The number of aliphatic carboxylic acids is 1. The molecule has 13 nitrogen and oxygen atoms in total. The van der Waals surface area contributed by atoms with Crippen LogP contribution in [0.15, 0.2) is 18.0 Å². The van der Waals surface area contributed by atoms with Crippen molar-refractivity contribution < 1.29 is 44.7 Å². The van der Waals surface area contributed by atoms with E-state index < -0.39 is 66.3 Å². The number of aliphatic hydroxyl groups is 3. The number of nitrogens with one attached hydrogen (secondary N) is 1. The van der Waals surface area contributed by atoms with E-state index in [0.29, 0.717) is 0 Å². The third kappa shape index (κ3) is 4.39. The van der Waals surface area contributed by atoms with E-state index in [-0.39, 0.29) is 0 Å². The summed E-state index contributed by atoms with van der Waals surface area (Å²) >= 11 is 0. The van der Waals surface area contributed by atoms with Gasteiger partial charge in [0.25, 0.3) is 0 Å². The van der Waals surface area contributed by atoms with Crippen molar-refractivity contribution in [1.29, 1.82) is 0 Å². The molecule has 0 fully saturated rings. The zero-order valence-corrected chi connectivity index (χ0v) is 14.0. The van der Waals surface area contributed by atoms with Gasteiger partial charge in [0.1, 0.15) is 18.3 Å². The molecule has 1 aliphatic heterocycles. The molecule has 6 N–H and O–H groups in total. The number of carboxylic acid groups (broad SMARTS) is 2. The minimum atomic E-state index is -1.78. The first-order chi connectivity index (χ1) is 12.6. The summed E-state index contributed by atoms with van der Waals surface area (Å²) in [5, 5.41) is 56.7. The molecule has 13 heteroatoms. The topological polar surface area (TPSA) is 204 Å². The van der Waals surface area contributed by atoms with Gasteiger partial charge in [-0.2, -0.15) is 0 Å². The number of hydrogen-bond acceptors (Lipinski definition) is 9. The lowest BCUT2D eigenvalue weighted by molar-refractivity contribution is -0.147. The minimum Gasteiger partial charge on any atom is -0.478 e. The number of nitrogens with zero attached hydrogens (tertiary/aromatic N) is 3. The van der Waals surface area contributed by atoms with Crippen molar-refractivity contribution in [2.24, 2.45) is 0 Å². The first-order valence-corrected chi connectivity index (χ1v) is 7.66. The first kappa shape index (κ1) is 20.3. The fraction of sp³-hybridized carbons (Fsp3) is 0.500. The molecule has 0 saturated heterocycles. The highest BCUT2D eigenvalue weighted by atomic mass is 16.5. The quantitative estimate of drug-likeness (QED) is 0.280. The van der Waals surface area contributed by atoms with Crippen LogP contribution in [0, 0.1) is 0 Å². The molecule has 148 valence electrons. The Balaban J connectivity index is 2.52. The smallest absolute Gasteiger partial charge is 0.370 e. The predicted molar refractivity (Wildman–Crippen MR) is 83.3 cm³/mol. The number of carboxylic acids is 2. The zero-order valence-electron chi connectivity index (χ0n) is 14.0. The Hall–Kier alpha value is -3.03. The molecule has 0 bridgehead atoms. The van der Waals surface area contributed by atoms with Gasteiger partial charge in [0, 0.05) is 6.92 Å². The van der Waals surface area contributed by atoms with Gasteiger partial charge in [-0.05, 0) is 6.08 Å². The molecule has 5 atom stereocenters. The van der Waals surface area contributed by atoms with Gasteiger partial charge in [0.15, 0.2) is 5.69 Å². The first-order valence-electron chi connectivity index (χ1n) is 7.66. The molecule has 0 unspecified atom stereocenters. The molecule has 2 heterocycles. The van der Waals surface area contributed by atoms with Gasteiger partial charge in [0.05, 0.1) is 24.9 Å². The zero-order chi connectivity index (χ0) is 20.3. The van der Waals surface area contributed by atoms with Crippen molar-refractivity contribution in [1.82, 2.24) is 20.3 Å². The Morgan fingerprint density at radius 1 is 1.30 bits per heavy atom. The van der Waals surface area contributed by atoms with Gasteiger partial charge in [-0.3, -0.25) is 4.79 Å². The standard InChI is InChI=1S/C14H18N4O9/c1-5(20)15-10-7(18-3-6(13(23)24)16-17-18)2-9(14(25)26)27-12(10)11(22)8(21)4-19/h2-3,7-8,10-12,19,21-22H,4H2,1H3,(H,15,20)(H,23,24)(H,25,26)/t7-,8+,10+,11+,12+/m0/s1. The largest absolute Gasteiger partial charge is 0.478 e. The van der Waals surface area contributed by atoms with E-state index in [2.05, 4.69) is 15.6 Å². The lowest BCUT2D eigenvalue weighted by Gasteiger charge is -2.39. The van der Waals surface area contributed by atoms with Crippen LogP contribution in [0.3, 0.4) is 0 Å². The number of carbonyl (C=O) groups excluding carboxylic acids is 1. The number of carbonyl (C=O) groups is 3. The molecule has 2 rings (SSSR count). The molecular weight excluding hydrogens is 368 g/mol. The van der Waals surface area contributed by atoms with Crippen molar-refractivity contribution >= 4 is 17.8 Å². The lowest BCUT2D eigenvalue weighted by Crippen LogP contribution is -2.58. The van der Waals surface area contributed by atoms with Crippen molar-refractivity contribution in [2.45, 2.75) is 37.3 Å². The minimum absolute atomic E-state index is 0.430. The molecule has 1 aliphatic rings. The Morgan fingerprint density at radius 3 is 2.44 bits per heavy atom. The Labute approximate surface area is 151 Å². The average molecular weight is 386 g/mol. The summed E-state index contributed by atoms with van der Waals surface area (Å²) in [6, 6.07) is -2.27. The summed E-state index contributed by atoms with van der Waals surface area (Å²) < 4.78 is 6.19. The van der Waals surface area contributed by atoms with E-state index in [1.807, 2.05) is 0 Å². The van der Waals surface area contributed by atoms with Crippen LogP contribution in [0.1, 0.15) is 23.5 Å². The highest BCUT2D eigenvalue weighted by Gasteiger charge is 2.44. The molecule has 1 aromatic rings. The summed E-state index contributed by atoms with van der Waals surface area (Å²) in [5.41, 5.74) is -0.430. The molecule has 0 saturated carbocycles. The maximum absolute atomic E-state index is 11.6. The van der Waals surface area contributed by atoms with E-state index in [1.165, 1.54) is 0 Å². The Bertz CT molecular complexity index is 762. The number of aromatic nitrogens is 3. The van der Waals surface area contributed by atoms with Crippen molar-refractivity contribution in [3.8, 4) is 0 Å². The monoisotopic (exact) mass is 386 g/mol.